The van der Waals surface area contributed by atoms with E-state index < -0.39 is 5.92 Å². The second-order valence-electron chi connectivity index (χ2n) is 6.95. The first kappa shape index (κ1) is 17.4. The summed E-state index contributed by atoms with van der Waals surface area (Å²) < 4.78 is 26.6. The summed E-state index contributed by atoms with van der Waals surface area (Å²) in [5.41, 5.74) is 5.53. The fourth-order valence-electron chi connectivity index (χ4n) is 4.12. The zero-order valence-corrected chi connectivity index (χ0v) is 13.5. The number of piperidine rings is 1. The molecule has 0 aromatic rings. The molecular formula is C16H29F2N3O. The van der Waals surface area contributed by atoms with Gasteiger partial charge in [0.05, 0.1) is 0 Å². The number of alkyl halides is 2. The minimum absolute atomic E-state index is 0.00808. The lowest BCUT2D eigenvalue weighted by atomic mass is 9.77. The molecule has 0 aromatic heterocycles. The fraction of sp³-hybridized carbons (Fsp3) is 0.938. The van der Waals surface area contributed by atoms with Crippen molar-refractivity contribution in [2.75, 3.05) is 20.1 Å². The molecule has 4 nitrogen and oxygen atoms in total. The van der Waals surface area contributed by atoms with Crippen LogP contribution in [0.3, 0.4) is 0 Å². The number of nitrogens with two attached hydrogens (primary N) is 1. The Labute approximate surface area is 131 Å². The first-order valence-electron chi connectivity index (χ1n) is 8.51. The fourth-order valence-corrected chi connectivity index (χ4v) is 4.12. The quantitative estimate of drug-likeness (QED) is 0.819. The number of hydrogen-bond donors (Lipinski definition) is 2. The minimum atomic E-state index is -2.47. The molecule has 2 unspecified atom stereocenters. The number of rotatable bonds is 5. The maximum Gasteiger partial charge on any atom is 0.315 e. The number of amides is 2. The van der Waals surface area contributed by atoms with E-state index in [2.05, 4.69) is 5.32 Å². The molecule has 1 saturated heterocycles. The van der Waals surface area contributed by atoms with Crippen molar-refractivity contribution in [3.63, 3.8) is 0 Å². The molecule has 1 aliphatic carbocycles. The number of hydrogen-bond acceptors (Lipinski definition) is 2. The van der Waals surface area contributed by atoms with Gasteiger partial charge in [-0.1, -0.05) is 0 Å². The molecule has 1 heterocycles. The topological polar surface area (TPSA) is 58.4 Å². The van der Waals surface area contributed by atoms with Crippen LogP contribution < -0.4 is 11.1 Å². The summed E-state index contributed by atoms with van der Waals surface area (Å²) in [5, 5.41) is 3.20. The third kappa shape index (κ3) is 4.54. The number of nitrogens with zero attached hydrogens (tertiary/aromatic N) is 1. The van der Waals surface area contributed by atoms with Crippen molar-refractivity contribution in [2.24, 2.45) is 17.6 Å². The van der Waals surface area contributed by atoms with Crippen molar-refractivity contribution >= 4 is 6.03 Å². The Morgan fingerprint density at radius 3 is 2.59 bits per heavy atom. The van der Waals surface area contributed by atoms with Crippen molar-refractivity contribution in [1.29, 1.82) is 0 Å². The van der Waals surface area contributed by atoms with E-state index in [0.717, 1.165) is 38.8 Å². The summed E-state index contributed by atoms with van der Waals surface area (Å²) in [7, 11) is 1.90. The van der Waals surface area contributed by atoms with Crippen LogP contribution in [0.1, 0.15) is 51.4 Å². The van der Waals surface area contributed by atoms with E-state index in [1.165, 1.54) is 0 Å². The van der Waals surface area contributed by atoms with E-state index in [9.17, 15) is 13.6 Å². The SMILES string of the molecule is CNCC(CC1CCC(F)(F)CC1)C1CCCCN1C(N)=O. The molecule has 2 amide bonds. The number of carbonyl (C=O) groups excluding carboxylic acids is 1. The Morgan fingerprint density at radius 2 is 2.00 bits per heavy atom. The van der Waals surface area contributed by atoms with Gasteiger partial charge < -0.3 is 16.0 Å². The lowest BCUT2D eigenvalue weighted by Crippen LogP contribution is -2.52. The van der Waals surface area contributed by atoms with Crippen LogP contribution in [-0.4, -0.2) is 43.0 Å². The van der Waals surface area contributed by atoms with Crippen molar-refractivity contribution in [3.05, 3.63) is 0 Å². The second kappa shape index (κ2) is 7.57. The van der Waals surface area contributed by atoms with E-state index in [0.29, 0.717) is 24.7 Å². The van der Waals surface area contributed by atoms with Gasteiger partial charge in [-0.15, -0.1) is 0 Å². The zero-order chi connectivity index (χ0) is 16.2. The number of carbonyl (C=O) groups is 1. The molecule has 2 aliphatic rings. The molecule has 3 N–H and O–H groups in total. The number of halogens is 2. The molecule has 2 rings (SSSR count). The molecule has 0 radical (unpaired) electrons. The number of primary amides is 1. The molecule has 0 spiro atoms. The van der Waals surface area contributed by atoms with Crippen LogP contribution in [0.4, 0.5) is 13.6 Å². The molecule has 1 aliphatic heterocycles. The molecule has 6 heteroatoms. The first-order chi connectivity index (χ1) is 10.4. The van der Waals surface area contributed by atoms with Gasteiger partial charge in [0.1, 0.15) is 0 Å². The summed E-state index contributed by atoms with van der Waals surface area (Å²) >= 11 is 0. The van der Waals surface area contributed by atoms with Crippen LogP contribution in [0.15, 0.2) is 0 Å². The molecule has 22 heavy (non-hydrogen) atoms. The minimum Gasteiger partial charge on any atom is -0.351 e. The number of likely N-dealkylation sites (tertiary alicyclic amines) is 1. The normalized spacial score (nSPS) is 27.6. The molecule has 2 fully saturated rings. The average Bonchev–Trinajstić information content (AvgIpc) is 2.48. The Bertz CT molecular complexity index is 368. The van der Waals surface area contributed by atoms with E-state index in [1.807, 2.05) is 7.05 Å². The molecule has 128 valence electrons. The van der Waals surface area contributed by atoms with Gasteiger partial charge in [-0.05, 0) is 64.0 Å². The lowest BCUT2D eigenvalue weighted by molar-refractivity contribution is -0.0492. The van der Waals surface area contributed by atoms with Gasteiger partial charge in [-0.25, -0.2) is 13.6 Å². The van der Waals surface area contributed by atoms with Crippen molar-refractivity contribution in [3.8, 4) is 0 Å². The average molecular weight is 317 g/mol. The molecular weight excluding hydrogens is 288 g/mol. The van der Waals surface area contributed by atoms with Gasteiger partial charge in [0.25, 0.3) is 0 Å². The van der Waals surface area contributed by atoms with Gasteiger partial charge in [0.2, 0.25) is 5.92 Å². The largest absolute Gasteiger partial charge is 0.351 e. The van der Waals surface area contributed by atoms with Gasteiger partial charge in [0.15, 0.2) is 0 Å². The summed E-state index contributed by atoms with van der Waals surface area (Å²) in [5.74, 6) is -1.83. The maximum absolute atomic E-state index is 13.3. The molecule has 2 atom stereocenters. The second-order valence-corrected chi connectivity index (χ2v) is 6.95. The Balaban J connectivity index is 1.98. The van der Waals surface area contributed by atoms with Gasteiger partial charge >= 0.3 is 6.03 Å². The summed E-state index contributed by atoms with van der Waals surface area (Å²) in [6.07, 6.45) is 5.19. The van der Waals surface area contributed by atoms with Gasteiger partial charge in [-0.2, -0.15) is 0 Å². The Kier molecular flexibility index (Phi) is 6.01. The smallest absolute Gasteiger partial charge is 0.315 e. The first-order valence-corrected chi connectivity index (χ1v) is 8.51. The van der Waals surface area contributed by atoms with E-state index in [4.69, 9.17) is 5.73 Å². The van der Waals surface area contributed by atoms with Crippen molar-refractivity contribution in [2.45, 2.75) is 63.3 Å². The summed E-state index contributed by atoms with van der Waals surface area (Å²) in [4.78, 5) is 13.5. The highest BCUT2D eigenvalue weighted by Crippen LogP contribution is 2.39. The highest BCUT2D eigenvalue weighted by atomic mass is 19.3. The van der Waals surface area contributed by atoms with Gasteiger partial charge in [0, 0.05) is 25.4 Å². The number of urea groups is 1. The maximum atomic E-state index is 13.3. The Morgan fingerprint density at radius 1 is 1.32 bits per heavy atom. The van der Waals surface area contributed by atoms with Crippen LogP contribution in [0, 0.1) is 11.8 Å². The predicted octanol–water partition coefficient (Wildman–Crippen LogP) is 2.97. The molecule has 1 saturated carbocycles. The molecule has 0 bridgehead atoms. The van der Waals surface area contributed by atoms with E-state index in [-0.39, 0.29) is 24.9 Å². The van der Waals surface area contributed by atoms with Crippen molar-refractivity contribution < 1.29 is 13.6 Å². The van der Waals surface area contributed by atoms with E-state index >= 15 is 0 Å². The predicted molar refractivity (Wildman–Crippen MR) is 82.9 cm³/mol. The number of nitrogens with one attached hydrogen (secondary N) is 1. The standard InChI is InChI=1S/C16H29F2N3O/c1-20-11-13(10-12-5-7-16(17,18)8-6-12)14-4-2-3-9-21(14)15(19)22/h12-14,20H,2-11H2,1H3,(H2,19,22). The van der Waals surface area contributed by atoms with Crippen molar-refractivity contribution in [1.82, 2.24) is 10.2 Å². The van der Waals surface area contributed by atoms with Gasteiger partial charge in [-0.3, -0.25) is 0 Å². The third-order valence-corrected chi connectivity index (χ3v) is 5.32. The third-order valence-electron chi connectivity index (χ3n) is 5.32. The highest BCUT2D eigenvalue weighted by Gasteiger charge is 2.38. The van der Waals surface area contributed by atoms with Crippen LogP contribution >= 0.6 is 0 Å². The highest BCUT2D eigenvalue weighted by molar-refractivity contribution is 5.72. The van der Waals surface area contributed by atoms with Crippen LogP contribution in [-0.2, 0) is 0 Å². The Hall–Kier alpha value is -0.910. The van der Waals surface area contributed by atoms with E-state index in [1.54, 1.807) is 4.90 Å². The lowest BCUT2D eigenvalue weighted by Gasteiger charge is -2.41. The monoisotopic (exact) mass is 317 g/mol. The van der Waals surface area contributed by atoms with Crippen LogP contribution in [0.25, 0.3) is 0 Å². The summed E-state index contributed by atoms with van der Waals surface area (Å²) in [6.45, 7) is 1.53. The summed E-state index contributed by atoms with van der Waals surface area (Å²) in [6, 6.07) is -0.192. The molecule has 0 aromatic carbocycles. The van der Waals surface area contributed by atoms with Crippen LogP contribution in [0.5, 0.6) is 0 Å². The zero-order valence-electron chi connectivity index (χ0n) is 13.5. The van der Waals surface area contributed by atoms with Crippen LogP contribution in [0.2, 0.25) is 0 Å².